The number of hydrogen-bond acceptors (Lipinski definition) is 5. The number of amides is 3. The molecule has 0 unspecified atom stereocenters. The van der Waals surface area contributed by atoms with Crippen molar-refractivity contribution in [3.05, 3.63) is 35.6 Å². The molecule has 1 rings (SSSR count). The minimum Gasteiger partial charge on any atom is -0.454 e. The Balaban J connectivity index is 2.34. The van der Waals surface area contributed by atoms with Crippen LogP contribution in [0.25, 0.3) is 0 Å². The van der Waals surface area contributed by atoms with Gasteiger partial charge in [0.2, 0.25) is 0 Å². The van der Waals surface area contributed by atoms with Gasteiger partial charge in [0.15, 0.2) is 6.61 Å². The summed E-state index contributed by atoms with van der Waals surface area (Å²) in [4.78, 5) is 34.5. The van der Waals surface area contributed by atoms with Gasteiger partial charge in [-0.15, -0.1) is 0 Å². The van der Waals surface area contributed by atoms with Crippen molar-refractivity contribution >= 4 is 29.7 Å². The average molecular weight is 371 g/mol. The Labute approximate surface area is 149 Å². The third-order valence-corrected chi connectivity index (χ3v) is 3.88. The highest BCUT2D eigenvalue weighted by Crippen LogP contribution is 2.06. The van der Waals surface area contributed by atoms with Crippen LogP contribution in [0.2, 0.25) is 0 Å². The molecule has 0 aliphatic heterocycles. The lowest BCUT2D eigenvalue weighted by atomic mass is 10.1. The summed E-state index contributed by atoms with van der Waals surface area (Å²) in [6, 6.07) is 4.55. The van der Waals surface area contributed by atoms with E-state index >= 15 is 0 Å². The van der Waals surface area contributed by atoms with Crippen molar-refractivity contribution in [1.82, 2.24) is 10.6 Å². The van der Waals surface area contributed by atoms with Gasteiger partial charge in [0.25, 0.3) is 5.91 Å². The minimum atomic E-state index is -0.892. The maximum atomic E-state index is 13.4. The Hall–Kier alpha value is -2.29. The highest BCUT2D eigenvalue weighted by Gasteiger charge is 2.21. The van der Waals surface area contributed by atoms with Crippen molar-refractivity contribution in [3.63, 3.8) is 0 Å². The van der Waals surface area contributed by atoms with Crippen LogP contribution in [-0.2, 0) is 20.7 Å². The van der Waals surface area contributed by atoms with Gasteiger partial charge in [-0.25, -0.2) is 14.0 Å². The van der Waals surface area contributed by atoms with Crippen molar-refractivity contribution in [1.29, 1.82) is 0 Å². The van der Waals surface area contributed by atoms with Crippen LogP contribution in [0.5, 0.6) is 0 Å². The molecule has 7 nitrogen and oxygen atoms in total. The van der Waals surface area contributed by atoms with E-state index in [0.717, 1.165) is 0 Å². The van der Waals surface area contributed by atoms with Crippen LogP contribution in [0.3, 0.4) is 0 Å². The highest BCUT2D eigenvalue weighted by atomic mass is 32.2. The van der Waals surface area contributed by atoms with Crippen LogP contribution >= 0.6 is 11.8 Å². The van der Waals surface area contributed by atoms with E-state index in [1.165, 1.54) is 17.8 Å². The maximum Gasteiger partial charge on any atom is 0.329 e. The zero-order chi connectivity index (χ0) is 18.7. The van der Waals surface area contributed by atoms with Crippen LogP contribution in [-0.4, -0.2) is 49.1 Å². The second-order valence-electron chi connectivity index (χ2n) is 5.14. The number of nitrogens with two attached hydrogens (primary N) is 1. The Bertz CT molecular complexity index is 600. The minimum absolute atomic E-state index is 0.215. The van der Waals surface area contributed by atoms with E-state index in [1.807, 2.05) is 6.26 Å². The summed E-state index contributed by atoms with van der Waals surface area (Å²) in [5.41, 5.74) is 5.51. The summed E-state index contributed by atoms with van der Waals surface area (Å²) in [6.07, 6.45) is 2.53. The zero-order valence-electron chi connectivity index (χ0n) is 13.9. The maximum absolute atomic E-state index is 13.4. The Morgan fingerprint density at radius 3 is 2.68 bits per heavy atom. The fraction of sp³-hybridized carbons (Fsp3) is 0.438. The number of carbonyl (C=O) groups excluding carboxylic acids is 3. The van der Waals surface area contributed by atoms with E-state index in [-0.39, 0.29) is 12.4 Å². The standard InChI is InChI=1S/C16H22FN3O4S/c1-25-9-7-13(20-16(18)23)15(22)24-10-14(21)19-8-6-11-4-2-3-5-12(11)17/h2-5,13H,6-10H2,1H3,(H,19,21)(H3,18,20,23)/t13-/m1/s1. The molecule has 0 spiro atoms. The molecule has 0 aliphatic rings. The monoisotopic (exact) mass is 371 g/mol. The number of nitrogens with one attached hydrogen (secondary N) is 2. The van der Waals surface area contributed by atoms with Crippen molar-refractivity contribution in [2.45, 2.75) is 18.9 Å². The van der Waals surface area contributed by atoms with Crippen molar-refractivity contribution in [2.24, 2.45) is 5.73 Å². The Morgan fingerprint density at radius 1 is 1.32 bits per heavy atom. The number of primary amides is 1. The molecule has 0 radical (unpaired) electrons. The van der Waals surface area contributed by atoms with E-state index in [1.54, 1.807) is 18.2 Å². The first-order chi connectivity index (χ1) is 11.9. The number of halogens is 1. The number of hydrogen-bond donors (Lipinski definition) is 3. The molecule has 0 saturated heterocycles. The fourth-order valence-corrected chi connectivity index (χ4v) is 2.45. The predicted molar refractivity (Wildman–Crippen MR) is 93.6 cm³/mol. The number of urea groups is 1. The number of carbonyl (C=O) groups is 3. The van der Waals surface area contributed by atoms with E-state index < -0.39 is 30.6 Å². The van der Waals surface area contributed by atoms with E-state index in [2.05, 4.69) is 10.6 Å². The molecule has 1 aromatic carbocycles. The Kier molecular flexibility index (Phi) is 9.38. The molecular weight excluding hydrogens is 349 g/mol. The van der Waals surface area contributed by atoms with Crippen LogP contribution in [0.1, 0.15) is 12.0 Å². The van der Waals surface area contributed by atoms with Gasteiger partial charge < -0.3 is 21.1 Å². The van der Waals surface area contributed by atoms with Gasteiger partial charge in [-0.1, -0.05) is 18.2 Å². The van der Waals surface area contributed by atoms with E-state index in [0.29, 0.717) is 24.2 Å². The number of esters is 1. The first-order valence-electron chi connectivity index (χ1n) is 7.65. The lowest BCUT2D eigenvalue weighted by Crippen LogP contribution is -2.45. The summed E-state index contributed by atoms with van der Waals surface area (Å²) in [5, 5.41) is 4.82. The molecular formula is C16H22FN3O4S. The number of thioether (sulfide) groups is 1. The number of benzene rings is 1. The predicted octanol–water partition coefficient (Wildman–Crippen LogP) is 0.818. The summed E-state index contributed by atoms with van der Waals surface area (Å²) in [5.74, 6) is -0.948. The molecule has 1 atom stereocenters. The summed E-state index contributed by atoms with van der Waals surface area (Å²) in [7, 11) is 0. The molecule has 0 fully saturated rings. The number of rotatable bonds is 10. The van der Waals surface area contributed by atoms with Gasteiger partial charge in [0.05, 0.1) is 0 Å². The molecule has 0 saturated carbocycles. The molecule has 1 aromatic rings. The molecule has 138 valence electrons. The largest absolute Gasteiger partial charge is 0.454 e. The van der Waals surface area contributed by atoms with Gasteiger partial charge in [-0.2, -0.15) is 11.8 Å². The van der Waals surface area contributed by atoms with Gasteiger partial charge in [-0.05, 0) is 36.5 Å². The SMILES string of the molecule is CSCC[C@@H](NC(N)=O)C(=O)OCC(=O)NCCc1ccccc1F. The smallest absolute Gasteiger partial charge is 0.329 e. The number of ether oxygens (including phenoxy) is 1. The summed E-state index contributed by atoms with van der Waals surface area (Å²) in [6.45, 7) is -0.265. The Morgan fingerprint density at radius 2 is 2.04 bits per heavy atom. The van der Waals surface area contributed by atoms with Crippen LogP contribution < -0.4 is 16.4 Å². The van der Waals surface area contributed by atoms with Crippen LogP contribution in [0.4, 0.5) is 9.18 Å². The molecule has 0 bridgehead atoms. The fourth-order valence-electron chi connectivity index (χ4n) is 1.98. The normalized spacial score (nSPS) is 11.4. The highest BCUT2D eigenvalue weighted by molar-refractivity contribution is 7.98. The van der Waals surface area contributed by atoms with Gasteiger partial charge in [0.1, 0.15) is 11.9 Å². The van der Waals surface area contributed by atoms with Crippen LogP contribution in [0, 0.1) is 5.82 Å². The van der Waals surface area contributed by atoms with Crippen molar-refractivity contribution < 1.29 is 23.5 Å². The second kappa shape index (κ2) is 11.3. The van der Waals surface area contributed by atoms with E-state index in [9.17, 15) is 18.8 Å². The first-order valence-corrected chi connectivity index (χ1v) is 9.05. The third kappa shape index (κ3) is 8.39. The lowest BCUT2D eigenvalue weighted by molar-refractivity contribution is -0.150. The lowest BCUT2D eigenvalue weighted by Gasteiger charge is -2.15. The molecule has 0 heterocycles. The van der Waals surface area contributed by atoms with Crippen molar-refractivity contribution in [3.8, 4) is 0 Å². The first kappa shape index (κ1) is 20.8. The molecule has 4 N–H and O–H groups in total. The van der Waals surface area contributed by atoms with Gasteiger partial charge in [-0.3, -0.25) is 4.79 Å². The molecule has 0 aliphatic carbocycles. The molecule has 3 amide bonds. The van der Waals surface area contributed by atoms with Crippen molar-refractivity contribution in [2.75, 3.05) is 25.2 Å². The van der Waals surface area contributed by atoms with E-state index in [4.69, 9.17) is 10.5 Å². The van der Waals surface area contributed by atoms with Crippen LogP contribution in [0.15, 0.2) is 24.3 Å². The topological polar surface area (TPSA) is 111 Å². The molecule has 0 aromatic heterocycles. The zero-order valence-corrected chi connectivity index (χ0v) is 14.7. The van der Waals surface area contributed by atoms with Gasteiger partial charge in [0, 0.05) is 6.54 Å². The summed E-state index contributed by atoms with van der Waals surface area (Å²) < 4.78 is 18.3. The van der Waals surface area contributed by atoms with Gasteiger partial charge >= 0.3 is 12.0 Å². The third-order valence-electron chi connectivity index (χ3n) is 3.23. The average Bonchev–Trinajstić information content (AvgIpc) is 2.57. The summed E-state index contributed by atoms with van der Waals surface area (Å²) >= 11 is 1.50. The molecule has 25 heavy (non-hydrogen) atoms. The second-order valence-corrected chi connectivity index (χ2v) is 6.13. The quantitative estimate of drug-likeness (QED) is 0.527. The molecule has 9 heteroatoms.